The summed E-state index contributed by atoms with van der Waals surface area (Å²) in [4.78, 5) is 9.34. The third-order valence-corrected chi connectivity index (χ3v) is 5.32. The lowest BCUT2D eigenvalue weighted by molar-refractivity contribution is 0.198. The average Bonchev–Trinajstić information content (AvgIpc) is 2.67. The van der Waals surface area contributed by atoms with Crippen LogP contribution in [0, 0.1) is 6.92 Å². The molecule has 0 unspecified atom stereocenters. The zero-order chi connectivity index (χ0) is 19.5. The zero-order valence-corrected chi connectivity index (χ0v) is 20.5. The molecule has 160 valence electrons. The Kier molecular flexibility index (Phi) is 12.7. The number of hydrogen-bond donors (Lipinski definition) is 2. The van der Waals surface area contributed by atoms with Gasteiger partial charge in [0.2, 0.25) is 0 Å². The molecule has 0 saturated carbocycles. The van der Waals surface area contributed by atoms with Crippen molar-refractivity contribution in [1.29, 1.82) is 0 Å². The van der Waals surface area contributed by atoms with Crippen LogP contribution in [0.15, 0.2) is 29.3 Å². The number of rotatable bonds is 9. The average molecular weight is 502 g/mol. The van der Waals surface area contributed by atoms with E-state index in [1.54, 1.807) is 0 Å². The molecule has 1 saturated heterocycles. The molecule has 0 aromatic heterocycles. The number of guanidine groups is 1. The fourth-order valence-electron chi connectivity index (χ4n) is 3.60. The molecule has 0 radical (unpaired) electrons. The van der Waals surface area contributed by atoms with Crippen molar-refractivity contribution in [1.82, 2.24) is 20.4 Å². The molecular weight excluding hydrogens is 461 g/mol. The number of likely N-dealkylation sites (tertiary alicyclic amines) is 1. The van der Waals surface area contributed by atoms with E-state index < -0.39 is 0 Å². The summed E-state index contributed by atoms with van der Waals surface area (Å²) in [6.45, 7) is 10.9. The van der Waals surface area contributed by atoms with Gasteiger partial charge in [-0.3, -0.25) is 9.89 Å². The van der Waals surface area contributed by atoms with E-state index in [0.29, 0.717) is 6.04 Å². The molecule has 28 heavy (non-hydrogen) atoms. The topological polar surface area (TPSA) is 42.9 Å². The first-order valence-electron chi connectivity index (χ1n) is 10.5. The Bertz CT molecular complexity index is 570. The quantitative estimate of drug-likeness (QED) is 0.309. The van der Waals surface area contributed by atoms with E-state index in [-0.39, 0.29) is 24.0 Å². The maximum Gasteiger partial charge on any atom is 0.191 e. The summed E-state index contributed by atoms with van der Waals surface area (Å²) in [7, 11) is 4.06. The maximum atomic E-state index is 4.40. The van der Waals surface area contributed by atoms with Crippen molar-refractivity contribution in [2.45, 2.75) is 52.1 Å². The number of aryl methyl sites for hydroxylation is 1. The molecule has 2 rings (SSSR count). The molecule has 0 amide bonds. The van der Waals surface area contributed by atoms with Crippen LogP contribution in [0.3, 0.4) is 0 Å². The van der Waals surface area contributed by atoms with Gasteiger partial charge in [-0.1, -0.05) is 43.2 Å². The number of nitrogens with zero attached hydrogens (tertiary/aromatic N) is 3. The number of hydrogen-bond acceptors (Lipinski definition) is 3. The van der Waals surface area contributed by atoms with E-state index in [1.165, 1.54) is 43.4 Å². The van der Waals surface area contributed by atoms with Crippen molar-refractivity contribution in [3.05, 3.63) is 35.4 Å². The molecule has 1 aromatic rings. The van der Waals surface area contributed by atoms with Crippen LogP contribution in [-0.4, -0.2) is 68.6 Å². The summed E-state index contributed by atoms with van der Waals surface area (Å²) in [5, 5.41) is 7.07. The molecule has 6 heteroatoms. The molecule has 0 aliphatic carbocycles. The minimum absolute atomic E-state index is 0. The van der Waals surface area contributed by atoms with Crippen molar-refractivity contribution in [3.8, 4) is 0 Å². The molecule has 0 spiro atoms. The largest absolute Gasteiger partial charge is 0.355 e. The van der Waals surface area contributed by atoms with Crippen LogP contribution in [-0.2, 0) is 6.54 Å². The van der Waals surface area contributed by atoms with Crippen LogP contribution < -0.4 is 10.6 Å². The molecular formula is C22H40IN5. The molecule has 5 nitrogen and oxygen atoms in total. The molecule has 1 aliphatic rings. The number of likely N-dealkylation sites (N-methyl/N-ethyl adjacent to an activating group) is 1. The smallest absolute Gasteiger partial charge is 0.191 e. The molecule has 0 bridgehead atoms. The molecule has 1 heterocycles. The first kappa shape index (κ1) is 25.2. The van der Waals surface area contributed by atoms with Crippen molar-refractivity contribution in [2.24, 2.45) is 4.99 Å². The Balaban J connectivity index is 0.00000392. The summed E-state index contributed by atoms with van der Waals surface area (Å²) in [6, 6.07) is 9.38. The second kappa shape index (κ2) is 14.2. The van der Waals surface area contributed by atoms with Crippen LogP contribution in [0.1, 0.15) is 43.7 Å². The SMILES string of the molecule is CCCCN(C)CCNC(=NC)NC1CCN(Cc2cccc(C)c2)CC1.I. The second-order valence-corrected chi connectivity index (χ2v) is 7.84. The summed E-state index contributed by atoms with van der Waals surface area (Å²) >= 11 is 0. The lowest BCUT2D eigenvalue weighted by Crippen LogP contribution is -2.49. The normalized spacial score (nSPS) is 16.1. The molecule has 0 atom stereocenters. The monoisotopic (exact) mass is 501 g/mol. The van der Waals surface area contributed by atoms with Gasteiger partial charge in [0.25, 0.3) is 0 Å². The number of benzene rings is 1. The maximum absolute atomic E-state index is 4.40. The number of halogens is 1. The van der Waals surface area contributed by atoms with Crippen molar-refractivity contribution >= 4 is 29.9 Å². The Hall–Kier alpha value is -0.860. The van der Waals surface area contributed by atoms with Gasteiger partial charge in [0, 0.05) is 45.8 Å². The van der Waals surface area contributed by atoms with Gasteiger partial charge >= 0.3 is 0 Å². The lowest BCUT2D eigenvalue weighted by Gasteiger charge is -2.33. The van der Waals surface area contributed by atoms with E-state index in [0.717, 1.165) is 38.7 Å². The van der Waals surface area contributed by atoms with E-state index in [1.807, 2.05) is 7.05 Å². The summed E-state index contributed by atoms with van der Waals surface area (Å²) in [5.41, 5.74) is 2.77. The number of aliphatic imine (C=N–C) groups is 1. The summed E-state index contributed by atoms with van der Waals surface area (Å²) in [6.07, 6.45) is 4.86. The van der Waals surface area contributed by atoms with Crippen LogP contribution in [0.5, 0.6) is 0 Å². The van der Waals surface area contributed by atoms with Gasteiger partial charge in [0.1, 0.15) is 0 Å². The van der Waals surface area contributed by atoms with E-state index in [2.05, 4.69) is 70.6 Å². The minimum atomic E-state index is 0. The fourth-order valence-corrected chi connectivity index (χ4v) is 3.60. The Morgan fingerprint density at radius 1 is 1.25 bits per heavy atom. The highest BCUT2D eigenvalue weighted by Crippen LogP contribution is 2.14. The first-order valence-corrected chi connectivity index (χ1v) is 10.5. The highest BCUT2D eigenvalue weighted by Gasteiger charge is 2.20. The third-order valence-electron chi connectivity index (χ3n) is 5.32. The Labute approximate surface area is 189 Å². The second-order valence-electron chi connectivity index (χ2n) is 7.84. The number of nitrogens with one attached hydrogen (secondary N) is 2. The lowest BCUT2D eigenvalue weighted by atomic mass is 10.0. The molecule has 1 aromatic carbocycles. The van der Waals surface area contributed by atoms with Gasteiger partial charge < -0.3 is 15.5 Å². The summed E-state index contributed by atoms with van der Waals surface area (Å²) in [5.74, 6) is 0.941. The van der Waals surface area contributed by atoms with Crippen LogP contribution in [0.2, 0.25) is 0 Å². The Morgan fingerprint density at radius 3 is 2.64 bits per heavy atom. The molecule has 2 N–H and O–H groups in total. The predicted octanol–water partition coefficient (Wildman–Crippen LogP) is 3.47. The molecule has 1 fully saturated rings. The van der Waals surface area contributed by atoms with Gasteiger partial charge in [-0.2, -0.15) is 0 Å². The van der Waals surface area contributed by atoms with Crippen LogP contribution in [0.4, 0.5) is 0 Å². The molecule has 1 aliphatic heterocycles. The minimum Gasteiger partial charge on any atom is -0.355 e. The Morgan fingerprint density at radius 2 is 2.00 bits per heavy atom. The van der Waals surface area contributed by atoms with E-state index in [4.69, 9.17) is 0 Å². The van der Waals surface area contributed by atoms with Gasteiger partial charge in [-0.25, -0.2) is 0 Å². The standard InChI is InChI=1S/C22H39N5.HI/c1-5-6-13-26(4)16-12-24-22(23-3)25-21-10-14-27(15-11-21)18-20-9-7-8-19(2)17-20;/h7-9,17,21H,5-6,10-16,18H2,1-4H3,(H2,23,24,25);1H. The fraction of sp³-hybridized carbons (Fsp3) is 0.682. The van der Waals surface area contributed by atoms with Crippen LogP contribution in [0.25, 0.3) is 0 Å². The highest BCUT2D eigenvalue weighted by molar-refractivity contribution is 14.0. The predicted molar refractivity (Wildman–Crippen MR) is 132 cm³/mol. The van der Waals surface area contributed by atoms with Crippen molar-refractivity contribution in [2.75, 3.05) is 46.8 Å². The van der Waals surface area contributed by atoms with Gasteiger partial charge in [0.15, 0.2) is 5.96 Å². The third kappa shape index (κ3) is 9.56. The van der Waals surface area contributed by atoms with Crippen molar-refractivity contribution in [3.63, 3.8) is 0 Å². The van der Waals surface area contributed by atoms with Gasteiger partial charge in [0.05, 0.1) is 0 Å². The first-order chi connectivity index (χ1) is 13.1. The van der Waals surface area contributed by atoms with E-state index in [9.17, 15) is 0 Å². The van der Waals surface area contributed by atoms with Gasteiger partial charge in [-0.15, -0.1) is 24.0 Å². The van der Waals surface area contributed by atoms with E-state index >= 15 is 0 Å². The number of unbranched alkanes of at least 4 members (excludes halogenated alkanes) is 1. The van der Waals surface area contributed by atoms with Crippen LogP contribution >= 0.6 is 24.0 Å². The zero-order valence-electron chi connectivity index (χ0n) is 18.2. The summed E-state index contributed by atoms with van der Waals surface area (Å²) < 4.78 is 0. The van der Waals surface area contributed by atoms with Gasteiger partial charge in [-0.05, 0) is 45.3 Å². The highest BCUT2D eigenvalue weighted by atomic mass is 127. The van der Waals surface area contributed by atoms with Crippen molar-refractivity contribution < 1.29 is 0 Å². The number of piperidine rings is 1.